The van der Waals surface area contributed by atoms with Crippen molar-refractivity contribution in [3.8, 4) is 5.75 Å². The van der Waals surface area contributed by atoms with E-state index in [1.165, 1.54) is 6.42 Å². The Hall–Kier alpha value is -2.04. The number of hydrogen-bond acceptors (Lipinski definition) is 3. The monoisotopic (exact) mass is 330 g/mol. The van der Waals surface area contributed by atoms with E-state index in [9.17, 15) is 9.59 Å². The number of nitrogens with zero attached hydrogens (tertiary/aromatic N) is 2. The summed E-state index contributed by atoms with van der Waals surface area (Å²) in [5, 5.41) is 0. The normalized spacial score (nSPS) is 24.3. The molecule has 0 aromatic heterocycles. The molecule has 0 N–H and O–H groups in total. The van der Waals surface area contributed by atoms with E-state index in [-0.39, 0.29) is 17.7 Å². The lowest BCUT2D eigenvalue weighted by Crippen LogP contribution is -2.46. The molecule has 1 aromatic rings. The number of carbonyl (C=O) groups excluding carboxylic acids is 2. The lowest BCUT2D eigenvalue weighted by molar-refractivity contribution is -0.139. The molecule has 0 radical (unpaired) electrons. The van der Waals surface area contributed by atoms with E-state index >= 15 is 0 Å². The summed E-state index contributed by atoms with van der Waals surface area (Å²) in [5.74, 6) is 0.667. The lowest BCUT2D eigenvalue weighted by Gasteiger charge is -2.36. The molecule has 1 aromatic carbocycles. The first-order valence-electron chi connectivity index (χ1n) is 8.89. The number of rotatable bonds is 4. The number of ether oxygens (including phenoxy) is 1. The smallest absolute Gasteiger partial charge is 0.228 e. The van der Waals surface area contributed by atoms with Crippen molar-refractivity contribution in [2.75, 3.05) is 25.1 Å². The van der Waals surface area contributed by atoms with Crippen molar-refractivity contribution in [1.29, 1.82) is 0 Å². The fourth-order valence-electron chi connectivity index (χ4n) is 3.85. The number of amides is 2. The first kappa shape index (κ1) is 16.8. The van der Waals surface area contributed by atoms with Crippen LogP contribution >= 0.6 is 0 Å². The largest absolute Gasteiger partial charge is 0.497 e. The highest BCUT2D eigenvalue weighted by Crippen LogP contribution is 2.30. The summed E-state index contributed by atoms with van der Waals surface area (Å²) >= 11 is 0. The zero-order valence-corrected chi connectivity index (χ0v) is 14.5. The van der Waals surface area contributed by atoms with Crippen molar-refractivity contribution < 1.29 is 14.3 Å². The van der Waals surface area contributed by atoms with Gasteiger partial charge in [-0.15, -0.1) is 0 Å². The van der Waals surface area contributed by atoms with Crippen LogP contribution in [-0.4, -0.2) is 43.0 Å². The van der Waals surface area contributed by atoms with E-state index in [1.54, 1.807) is 12.0 Å². The highest BCUT2D eigenvalue weighted by atomic mass is 16.5. The molecule has 0 bridgehead atoms. The summed E-state index contributed by atoms with van der Waals surface area (Å²) < 4.78 is 5.23. The standard InChI is InChI=1S/C19H26N2O3/c1-3-15-7-4-5-10-20(15)19(23)14-11-18(22)21(13-14)16-8-6-9-17(12-16)24-2/h6,8-9,12,14-15H,3-5,7,10-11,13H2,1-2H3/t14-,15-/m0/s1. The molecular formula is C19H26N2O3. The second kappa shape index (κ2) is 7.24. The molecule has 0 saturated carbocycles. The molecule has 2 heterocycles. The summed E-state index contributed by atoms with van der Waals surface area (Å²) in [5.41, 5.74) is 0.806. The number of benzene rings is 1. The van der Waals surface area contributed by atoms with Crippen molar-refractivity contribution in [3.05, 3.63) is 24.3 Å². The van der Waals surface area contributed by atoms with Crippen LogP contribution in [0.2, 0.25) is 0 Å². The van der Waals surface area contributed by atoms with Crippen LogP contribution in [0.1, 0.15) is 39.0 Å². The fraction of sp³-hybridized carbons (Fsp3) is 0.579. The highest BCUT2D eigenvalue weighted by Gasteiger charge is 2.39. The van der Waals surface area contributed by atoms with Crippen LogP contribution in [0.4, 0.5) is 5.69 Å². The average molecular weight is 330 g/mol. The molecule has 5 heteroatoms. The van der Waals surface area contributed by atoms with Gasteiger partial charge < -0.3 is 14.5 Å². The summed E-state index contributed by atoms with van der Waals surface area (Å²) in [7, 11) is 1.61. The molecule has 0 aliphatic carbocycles. The number of methoxy groups -OCH3 is 1. The number of hydrogen-bond donors (Lipinski definition) is 0. The molecule has 0 unspecified atom stereocenters. The SMILES string of the molecule is CC[C@H]1CCCCN1C(=O)[C@H]1CC(=O)N(c2cccc(OC)c2)C1. The molecule has 3 rings (SSSR count). The van der Waals surface area contributed by atoms with Crippen molar-refractivity contribution >= 4 is 17.5 Å². The first-order chi connectivity index (χ1) is 11.6. The van der Waals surface area contributed by atoms with Crippen molar-refractivity contribution in [2.45, 2.75) is 45.1 Å². The summed E-state index contributed by atoms with van der Waals surface area (Å²) in [6.45, 7) is 3.44. The molecule has 24 heavy (non-hydrogen) atoms. The number of piperidine rings is 1. The van der Waals surface area contributed by atoms with Gasteiger partial charge in [0.05, 0.1) is 13.0 Å². The number of anilines is 1. The summed E-state index contributed by atoms with van der Waals surface area (Å²) in [6, 6.07) is 7.80. The zero-order valence-electron chi connectivity index (χ0n) is 14.5. The molecule has 2 atom stereocenters. The van der Waals surface area contributed by atoms with E-state index < -0.39 is 0 Å². The third-order valence-corrected chi connectivity index (χ3v) is 5.22. The Morgan fingerprint density at radius 2 is 2.17 bits per heavy atom. The maximum Gasteiger partial charge on any atom is 0.228 e. The van der Waals surface area contributed by atoms with Crippen LogP contribution in [0.3, 0.4) is 0 Å². The van der Waals surface area contributed by atoms with Crippen LogP contribution in [0.15, 0.2) is 24.3 Å². The molecule has 2 aliphatic heterocycles. The maximum absolute atomic E-state index is 12.9. The van der Waals surface area contributed by atoms with Gasteiger partial charge in [-0.2, -0.15) is 0 Å². The van der Waals surface area contributed by atoms with Crippen LogP contribution in [0.5, 0.6) is 5.75 Å². The van der Waals surface area contributed by atoms with E-state index in [0.29, 0.717) is 19.0 Å². The Morgan fingerprint density at radius 3 is 2.92 bits per heavy atom. The van der Waals surface area contributed by atoms with Gasteiger partial charge in [0.2, 0.25) is 11.8 Å². The van der Waals surface area contributed by atoms with Gasteiger partial charge in [-0.3, -0.25) is 9.59 Å². The van der Waals surface area contributed by atoms with Crippen molar-refractivity contribution in [1.82, 2.24) is 4.90 Å². The molecule has 130 valence electrons. The summed E-state index contributed by atoms with van der Waals surface area (Å²) in [6.07, 6.45) is 4.65. The van der Waals surface area contributed by atoms with Gasteiger partial charge in [-0.25, -0.2) is 0 Å². The van der Waals surface area contributed by atoms with E-state index in [0.717, 1.165) is 37.2 Å². The third kappa shape index (κ3) is 3.25. The van der Waals surface area contributed by atoms with Crippen LogP contribution in [-0.2, 0) is 9.59 Å². The quantitative estimate of drug-likeness (QED) is 0.853. The van der Waals surface area contributed by atoms with Gasteiger partial charge in [0.25, 0.3) is 0 Å². The minimum Gasteiger partial charge on any atom is -0.497 e. The van der Waals surface area contributed by atoms with Crippen LogP contribution in [0.25, 0.3) is 0 Å². The van der Waals surface area contributed by atoms with E-state index in [4.69, 9.17) is 4.74 Å². The predicted octanol–water partition coefficient (Wildman–Crippen LogP) is 2.84. The molecule has 2 amide bonds. The Morgan fingerprint density at radius 1 is 1.33 bits per heavy atom. The molecule has 2 aliphatic rings. The average Bonchev–Trinajstić information content (AvgIpc) is 3.02. The Bertz CT molecular complexity index is 616. The highest BCUT2D eigenvalue weighted by molar-refractivity contribution is 6.00. The van der Waals surface area contributed by atoms with Crippen LogP contribution < -0.4 is 9.64 Å². The van der Waals surface area contributed by atoms with Gasteiger partial charge in [-0.1, -0.05) is 13.0 Å². The Balaban J connectivity index is 1.72. The topological polar surface area (TPSA) is 49.9 Å². The van der Waals surface area contributed by atoms with Crippen molar-refractivity contribution in [2.24, 2.45) is 5.92 Å². The van der Waals surface area contributed by atoms with Gasteiger partial charge >= 0.3 is 0 Å². The number of carbonyl (C=O) groups is 2. The first-order valence-corrected chi connectivity index (χ1v) is 8.89. The van der Waals surface area contributed by atoms with Gasteiger partial charge in [0.15, 0.2) is 0 Å². The molecule has 2 fully saturated rings. The minimum atomic E-state index is -0.226. The summed E-state index contributed by atoms with van der Waals surface area (Å²) in [4.78, 5) is 29.1. The number of likely N-dealkylation sites (tertiary alicyclic amines) is 1. The fourth-order valence-corrected chi connectivity index (χ4v) is 3.85. The van der Waals surface area contributed by atoms with Gasteiger partial charge in [0, 0.05) is 37.3 Å². The third-order valence-electron chi connectivity index (χ3n) is 5.22. The van der Waals surface area contributed by atoms with Crippen LogP contribution in [0, 0.1) is 5.92 Å². The molecule has 0 spiro atoms. The Kier molecular flexibility index (Phi) is 5.07. The van der Waals surface area contributed by atoms with Gasteiger partial charge in [0.1, 0.15) is 5.75 Å². The lowest BCUT2D eigenvalue weighted by atomic mass is 9.97. The van der Waals surface area contributed by atoms with Crippen molar-refractivity contribution in [3.63, 3.8) is 0 Å². The van der Waals surface area contributed by atoms with Gasteiger partial charge in [-0.05, 0) is 37.8 Å². The molecule has 2 saturated heterocycles. The maximum atomic E-state index is 12.9. The second-order valence-electron chi connectivity index (χ2n) is 6.70. The second-order valence-corrected chi connectivity index (χ2v) is 6.70. The Labute approximate surface area is 143 Å². The zero-order chi connectivity index (χ0) is 17.1. The molecule has 5 nitrogen and oxygen atoms in total. The molecular weight excluding hydrogens is 304 g/mol. The minimum absolute atomic E-state index is 0.0201. The van der Waals surface area contributed by atoms with E-state index in [2.05, 4.69) is 6.92 Å². The predicted molar refractivity (Wildman–Crippen MR) is 93.1 cm³/mol. The van der Waals surface area contributed by atoms with E-state index in [1.807, 2.05) is 29.2 Å².